The van der Waals surface area contributed by atoms with Crippen LogP contribution in [0.4, 0.5) is 5.82 Å². The second-order valence-electron chi connectivity index (χ2n) is 5.87. The molecule has 1 aromatic heterocycles. The number of fused-ring (bicyclic) bond motifs is 1. The zero-order chi connectivity index (χ0) is 17.2. The maximum atomic E-state index is 10.6. The summed E-state index contributed by atoms with van der Waals surface area (Å²) in [6.45, 7) is 0.0787. The monoisotopic (exact) mass is 353 g/mol. The summed E-state index contributed by atoms with van der Waals surface area (Å²) in [6, 6.07) is 6.00. The summed E-state index contributed by atoms with van der Waals surface area (Å²) in [4.78, 5) is 25.9. The van der Waals surface area contributed by atoms with Crippen molar-refractivity contribution in [1.82, 2.24) is 9.97 Å². The molecule has 0 amide bonds. The van der Waals surface area contributed by atoms with Crippen LogP contribution >= 0.6 is 7.82 Å². The first-order valence-electron chi connectivity index (χ1n) is 7.70. The zero-order valence-electron chi connectivity index (χ0n) is 13.3. The fourth-order valence-electron chi connectivity index (χ4n) is 2.96. The van der Waals surface area contributed by atoms with Gasteiger partial charge < -0.3 is 19.8 Å². The van der Waals surface area contributed by atoms with Gasteiger partial charge in [0.15, 0.2) is 0 Å². The van der Waals surface area contributed by atoms with Crippen LogP contribution in [0.2, 0.25) is 0 Å². The van der Waals surface area contributed by atoms with Gasteiger partial charge in [0.05, 0.1) is 13.7 Å². The summed E-state index contributed by atoms with van der Waals surface area (Å²) in [5.41, 5.74) is 0.767. The van der Waals surface area contributed by atoms with Crippen molar-refractivity contribution in [3.63, 3.8) is 0 Å². The minimum absolute atomic E-state index is 0.0787. The van der Waals surface area contributed by atoms with Gasteiger partial charge in [0.25, 0.3) is 0 Å². The van der Waals surface area contributed by atoms with Crippen LogP contribution in [0.1, 0.15) is 19.3 Å². The number of phosphoric ester groups is 1. The van der Waals surface area contributed by atoms with Gasteiger partial charge in [-0.3, -0.25) is 4.52 Å². The molecular weight excluding hydrogens is 333 g/mol. The molecule has 1 aliphatic carbocycles. The maximum Gasteiger partial charge on any atom is 0.469 e. The van der Waals surface area contributed by atoms with Crippen LogP contribution in [0.15, 0.2) is 24.5 Å². The lowest BCUT2D eigenvalue weighted by Crippen LogP contribution is -2.36. The summed E-state index contributed by atoms with van der Waals surface area (Å²) in [5, 5.41) is 4.32. The van der Waals surface area contributed by atoms with Crippen LogP contribution in [-0.2, 0) is 9.09 Å². The van der Waals surface area contributed by atoms with Crippen molar-refractivity contribution in [2.75, 3.05) is 19.0 Å². The summed E-state index contributed by atoms with van der Waals surface area (Å²) >= 11 is 0. The first-order chi connectivity index (χ1) is 11.5. The molecule has 3 N–H and O–H groups in total. The number of nitrogens with one attached hydrogen (secondary N) is 1. The van der Waals surface area contributed by atoms with Crippen LogP contribution < -0.4 is 10.1 Å². The fourth-order valence-corrected chi connectivity index (χ4v) is 3.30. The number of hydrogen-bond acceptors (Lipinski definition) is 6. The molecule has 1 heterocycles. The number of ether oxygens (including phenoxy) is 1. The third-order valence-electron chi connectivity index (χ3n) is 4.21. The molecule has 130 valence electrons. The minimum atomic E-state index is -4.36. The molecule has 8 nitrogen and oxygen atoms in total. The lowest BCUT2D eigenvalue weighted by Gasteiger charge is -2.36. The van der Waals surface area contributed by atoms with E-state index in [1.807, 2.05) is 18.2 Å². The molecule has 1 saturated carbocycles. The van der Waals surface area contributed by atoms with E-state index in [1.165, 1.54) is 6.33 Å². The largest absolute Gasteiger partial charge is 0.494 e. The first kappa shape index (κ1) is 17.1. The van der Waals surface area contributed by atoms with Gasteiger partial charge in [-0.2, -0.15) is 0 Å². The Morgan fingerprint density at radius 3 is 2.83 bits per heavy atom. The van der Waals surface area contributed by atoms with E-state index >= 15 is 0 Å². The third kappa shape index (κ3) is 4.02. The summed E-state index contributed by atoms with van der Waals surface area (Å²) < 4.78 is 20.4. The SMILES string of the molecule is COc1cccc2c(NC3CC(CCOP(=O)(O)O)C3)ncnc12. The smallest absolute Gasteiger partial charge is 0.469 e. The van der Waals surface area contributed by atoms with E-state index < -0.39 is 7.82 Å². The highest BCUT2D eigenvalue weighted by Crippen LogP contribution is 2.39. The number of anilines is 1. The average Bonchev–Trinajstić information content (AvgIpc) is 2.50. The summed E-state index contributed by atoms with van der Waals surface area (Å²) in [5.74, 6) is 1.88. The Labute approximate surface area is 139 Å². The van der Waals surface area contributed by atoms with Crippen molar-refractivity contribution in [3.8, 4) is 5.75 Å². The van der Waals surface area contributed by atoms with Crippen molar-refractivity contribution in [2.24, 2.45) is 5.92 Å². The Morgan fingerprint density at radius 2 is 2.12 bits per heavy atom. The zero-order valence-corrected chi connectivity index (χ0v) is 14.1. The van der Waals surface area contributed by atoms with Crippen LogP contribution in [-0.4, -0.2) is 39.5 Å². The van der Waals surface area contributed by atoms with Crippen LogP contribution in [0.25, 0.3) is 10.9 Å². The predicted octanol–water partition coefficient (Wildman–Crippen LogP) is 2.33. The van der Waals surface area contributed by atoms with Crippen LogP contribution in [0.3, 0.4) is 0 Å². The van der Waals surface area contributed by atoms with E-state index in [2.05, 4.69) is 19.8 Å². The van der Waals surface area contributed by atoms with Gasteiger partial charge in [0.1, 0.15) is 23.4 Å². The number of rotatable bonds is 7. The van der Waals surface area contributed by atoms with E-state index in [-0.39, 0.29) is 12.6 Å². The summed E-state index contributed by atoms with van der Waals surface area (Å²) in [7, 11) is -2.75. The molecule has 2 aromatic rings. The van der Waals surface area contributed by atoms with Gasteiger partial charge in [0, 0.05) is 11.4 Å². The van der Waals surface area contributed by atoms with Gasteiger partial charge in [-0.15, -0.1) is 0 Å². The molecule has 3 rings (SSSR count). The quantitative estimate of drug-likeness (QED) is 0.650. The van der Waals surface area contributed by atoms with Crippen molar-refractivity contribution in [2.45, 2.75) is 25.3 Å². The number of hydrogen-bond donors (Lipinski definition) is 3. The molecule has 0 bridgehead atoms. The van der Waals surface area contributed by atoms with E-state index in [4.69, 9.17) is 14.5 Å². The van der Waals surface area contributed by atoms with Gasteiger partial charge in [-0.25, -0.2) is 14.5 Å². The lowest BCUT2D eigenvalue weighted by molar-refractivity contribution is 0.161. The van der Waals surface area contributed by atoms with E-state index in [1.54, 1.807) is 7.11 Å². The molecule has 0 radical (unpaired) electrons. The first-order valence-corrected chi connectivity index (χ1v) is 9.23. The highest BCUT2D eigenvalue weighted by Gasteiger charge is 2.30. The fraction of sp³-hybridized carbons (Fsp3) is 0.467. The predicted molar refractivity (Wildman–Crippen MR) is 88.8 cm³/mol. The van der Waals surface area contributed by atoms with Gasteiger partial charge in [0.2, 0.25) is 0 Å². The topological polar surface area (TPSA) is 114 Å². The van der Waals surface area contributed by atoms with Crippen molar-refractivity contribution < 1.29 is 23.6 Å². The second kappa shape index (κ2) is 7.03. The van der Waals surface area contributed by atoms with Crippen molar-refractivity contribution >= 4 is 24.5 Å². The molecule has 0 atom stereocenters. The number of aromatic nitrogens is 2. The van der Waals surface area contributed by atoms with Gasteiger partial charge in [-0.1, -0.05) is 6.07 Å². The Bertz CT molecular complexity index is 760. The number of para-hydroxylation sites is 1. The highest BCUT2D eigenvalue weighted by molar-refractivity contribution is 7.46. The molecule has 24 heavy (non-hydrogen) atoms. The highest BCUT2D eigenvalue weighted by atomic mass is 31.2. The number of nitrogens with zero attached hydrogens (tertiary/aromatic N) is 2. The summed E-state index contributed by atoms with van der Waals surface area (Å²) in [6.07, 6.45) is 3.98. The normalized spacial score (nSPS) is 20.6. The Balaban J connectivity index is 1.57. The average molecular weight is 353 g/mol. The molecule has 1 aliphatic rings. The molecule has 0 spiro atoms. The van der Waals surface area contributed by atoms with E-state index in [9.17, 15) is 4.57 Å². The van der Waals surface area contributed by atoms with E-state index in [0.29, 0.717) is 18.1 Å². The Kier molecular flexibility index (Phi) is 5.01. The minimum Gasteiger partial charge on any atom is -0.494 e. The maximum absolute atomic E-state index is 10.6. The second-order valence-corrected chi connectivity index (χ2v) is 7.11. The molecule has 1 fully saturated rings. The van der Waals surface area contributed by atoms with Crippen LogP contribution in [0.5, 0.6) is 5.75 Å². The van der Waals surface area contributed by atoms with Crippen molar-refractivity contribution in [1.29, 1.82) is 0 Å². The number of methoxy groups -OCH3 is 1. The van der Waals surface area contributed by atoms with Gasteiger partial charge >= 0.3 is 7.82 Å². The molecule has 9 heteroatoms. The lowest BCUT2D eigenvalue weighted by atomic mass is 9.78. The van der Waals surface area contributed by atoms with Crippen molar-refractivity contribution in [3.05, 3.63) is 24.5 Å². The molecule has 1 aromatic carbocycles. The van der Waals surface area contributed by atoms with Gasteiger partial charge in [-0.05, 0) is 37.3 Å². The third-order valence-corrected chi connectivity index (χ3v) is 4.73. The molecular formula is C15H20N3O5P. The Morgan fingerprint density at radius 1 is 1.33 bits per heavy atom. The van der Waals surface area contributed by atoms with Crippen LogP contribution in [0, 0.1) is 5.92 Å². The molecule has 0 saturated heterocycles. The molecule has 0 unspecified atom stereocenters. The Hall–Kier alpha value is -1.73. The van der Waals surface area contributed by atoms with E-state index in [0.717, 1.165) is 29.6 Å². The number of phosphoric acid groups is 1. The standard InChI is InChI=1S/C15H20N3O5P/c1-22-13-4-2-3-12-14(13)16-9-17-15(12)18-11-7-10(8-11)5-6-23-24(19,20)21/h2-4,9-11H,5-8H2,1H3,(H,16,17,18)(H2,19,20,21). The number of benzene rings is 1. The molecule has 0 aliphatic heterocycles.